The zero-order valence-corrected chi connectivity index (χ0v) is 12.1. The fourth-order valence-corrected chi connectivity index (χ4v) is 3.75. The van der Waals surface area contributed by atoms with Crippen molar-refractivity contribution in [2.45, 2.75) is 44.2 Å². The van der Waals surface area contributed by atoms with E-state index >= 15 is 0 Å². The molecule has 0 aliphatic rings. The average molecular weight is 326 g/mol. The summed E-state index contributed by atoms with van der Waals surface area (Å²) >= 11 is 3.03. The van der Waals surface area contributed by atoms with Gasteiger partial charge in [-0.05, 0) is 29.3 Å². The molecule has 0 aliphatic carbocycles. The van der Waals surface area contributed by atoms with Gasteiger partial charge < -0.3 is 9.52 Å². The maximum atomic E-state index is 12.0. The molecule has 0 saturated heterocycles. The number of rotatable bonds is 6. The smallest absolute Gasteiger partial charge is 0.245 e. The summed E-state index contributed by atoms with van der Waals surface area (Å²) in [4.78, 5) is 0.0181. The summed E-state index contributed by atoms with van der Waals surface area (Å²) in [6, 6.07) is 1.18. The fraction of sp³-hybridized carbons (Fsp3) is 0.600. The predicted molar refractivity (Wildman–Crippen MR) is 67.0 cm³/mol. The second kappa shape index (κ2) is 5.99. The van der Waals surface area contributed by atoms with Crippen LogP contribution in [0.4, 0.5) is 0 Å². The molecule has 1 heterocycles. The lowest BCUT2D eigenvalue weighted by molar-refractivity contribution is 0.245. The molecule has 1 rings (SSSR count). The van der Waals surface area contributed by atoms with E-state index in [9.17, 15) is 8.42 Å². The van der Waals surface area contributed by atoms with Crippen LogP contribution in [0.2, 0.25) is 0 Å². The molecule has 0 aromatic carbocycles. The van der Waals surface area contributed by atoms with Crippen molar-refractivity contribution in [2.75, 3.05) is 0 Å². The van der Waals surface area contributed by atoms with Crippen LogP contribution in [0.15, 0.2) is 20.0 Å². The number of sulfonamides is 1. The van der Waals surface area contributed by atoms with E-state index in [4.69, 9.17) is 9.52 Å². The predicted octanol–water partition coefficient (Wildman–Crippen LogP) is 2.00. The van der Waals surface area contributed by atoms with Gasteiger partial charge in [-0.3, -0.25) is 0 Å². The zero-order chi connectivity index (χ0) is 13.1. The van der Waals surface area contributed by atoms with Crippen molar-refractivity contribution in [3.8, 4) is 0 Å². The molecular weight excluding hydrogens is 310 g/mol. The average Bonchev–Trinajstić information content (AvgIpc) is 2.60. The Bertz CT molecular complexity index is 469. The normalized spacial score (nSPS) is 13.9. The minimum Gasteiger partial charge on any atom is -0.450 e. The van der Waals surface area contributed by atoms with Crippen molar-refractivity contribution >= 4 is 26.0 Å². The standard InChI is InChI=1S/C10H16BrNO4S/c1-3-4-7(2)12-17(14,15)9-5-8(6-13)16-10(9)11/h5,7,12-13H,3-4,6H2,1-2H3. The number of aliphatic hydroxyl groups is 1. The van der Waals surface area contributed by atoms with Gasteiger partial charge in [-0.2, -0.15) is 0 Å². The van der Waals surface area contributed by atoms with Gasteiger partial charge in [0.1, 0.15) is 17.3 Å². The topological polar surface area (TPSA) is 79.5 Å². The number of halogens is 1. The van der Waals surface area contributed by atoms with Crippen LogP contribution in [0, 0.1) is 0 Å². The van der Waals surface area contributed by atoms with E-state index in [1.807, 2.05) is 13.8 Å². The first-order valence-corrected chi connectivity index (χ1v) is 7.59. The van der Waals surface area contributed by atoms with Gasteiger partial charge in [0.05, 0.1) is 0 Å². The molecule has 1 aromatic heterocycles. The minimum atomic E-state index is -3.60. The molecule has 1 atom stereocenters. The quantitative estimate of drug-likeness (QED) is 0.838. The van der Waals surface area contributed by atoms with Crippen LogP contribution < -0.4 is 4.72 Å². The van der Waals surface area contributed by atoms with Crippen LogP contribution in [0.25, 0.3) is 0 Å². The van der Waals surface area contributed by atoms with Gasteiger partial charge in [-0.1, -0.05) is 13.3 Å². The summed E-state index contributed by atoms with van der Waals surface area (Å²) in [6.07, 6.45) is 1.67. The summed E-state index contributed by atoms with van der Waals surface area (Å²) in [5.74, 6) is 0.209. The highest BCUT2D eigenvalue weighted by Gasteiger charge is 2.23. The minimum absolute atomic E-state index is 0.0181. The molecule has 1 unspecified atom stereocenters. The highest BCUT2D eigenvalue weighted by molar-refractivity contribution is 9.10. The molecule has 1 aromatic rings. The molecule has 7 heteroatoms. The van der Waals surface area contributed by atoms with Gasteiger partial charge in [0, 0.05) is 12.1 Å². The van der Waals surface area contributed by atoms with E-state index in [1.54, 1.807) is 0 Å². The highest BCUT2D eigenvalue weighted by atomic mass is 79.9. The summed E-state index contributed by atoms with van der Waals surface area (Å²) in [6.45, 7) is 3.46. The Kier molecular flexibility index (Phi) is 5.18. The van der Waals surface area contributed by atoms with Crippen molar-refractivity contribution in [1.82, 2.24) is 4.72 Å². The molecule has 0 aliphatic heterocycles. The lowest BCUT2D eigenvalue weighted by Crippen LogP contribution is -2.32. The van der Waals surface area contributed by atoms with E-state index in [-0.39, 0.29) is 28.0 Å². The SMILES string of the molecule is CCCC(C)NS(=O)(=O)c1cc(CO)oc1Br. The number of nitrogens with one attached hydrogen (secondary N) is 1. The Hall–Kier alpha value is -0.370. The second-order valence-electron chi connectivity index (χ2n) is 3.82. The van der Waals surface area contributed by atoms with Crippen molar-refractivity contribution in [3.05, 3.63) is 16.5 Å². The molecule has 0 fully saturated rings. The zero-order valence-electron chi connectivity index (χ0n) is 9.73. The molecule has 0 spiro atoms. The third-order valence-corrected chi connectivity index (χ3v) is 4.68. The van der Waals surface area contributed by atoms with Gasteiger partial charge >= 0.3 is 0 Å². The molecule has 17 heavy (non-hydrogen) atoms. The Balaban J connectivity index is 2.92. The maximum Gasteiger partial charge on any atom is 0.245 e. The Morgan fingerprint density at radius 1 is 1.59 bits per heavy atom. The molecule has 0 radical (unpaired) electrons. The number of aliphatic hydroxyl groups excluding tert-OH is 1. The molecule has 0 amide bonds. The second-order valence-corrected chi connectivity index (χ2v) is 6.22. The van der Waals surface area contributed by atoms with Gasteiger partial charge in [-0.25, -0.2) is 13.1 Å². The highest BCUT2D eigenvalue weighted by Crippen LogP contribution is 2.26. The Labute approximate surface area is 109 Å². The van der Waals surface area contributed by atoms with E-state index in [0.29, 0.717) is 0 Å². The molecule has 5 nitrogen and oxygen atoms in total. The van der Waals surface area contributed by atoms with Crippen molar-refractivity contribution in [1.29, 1.82) is 0 Å². The van der Waals surface area contributed by atoms with Crippen molar-refractivity contribution in [2.24, 2.45) is 0 Å². The Morgan fingerprint density at radius 2 is 2.24 bits per heavy atom. The molecule has 98 valence electrons. The van der Waals surface area contributed by atoms with Gasteiger partial charge in [0.2, 0.25) is 10.0 Å². The molecule has 0 bridgehead atoms. The Morgan fingerprint density at radius 3 is 2.71 bits per heavy atom. The third kappa shape index (κ3) is 3.80. The fourth-order valence-electron chi connectivity index (χ4n) is 1.48. The van der Waals surface area contributed by atoms with Crippen LogP contribution in [0.5, 0.6) is 0 Å². The van der Waals surface area contributed by atoms with Crippen LogP contribution in [-0.2, 0) is 16.6 Å². The first kappa shape index (κ1) is 14.7. The van der Waals surface area contributed by atoms with E-state index in [2.05, 4.69) is 20.7 Å². The summed E-state index contributed by atoms with van der Waals surface area (Å²) < 4.78 is 31.7. The van der Waals surface area contributed by atoms with Gasteiger partial charge in [0.15, 0.2) is 4.67 Å². The largest absolute Gasteiger partial charge is 0.450 e. The summed E-state index contributed by atoms with van der Waals surface area (Å²) in [7, 11) is -3.60. The lowest BCUT2D eigenvalue weighted by atomic mass is 10.2. The summed E-state index contributed by atoms with van der Waals surface area (Å²) in [5.41, 5.74) is 0. The van der Waals surface area contributed by atoms with Crippen molar-refractivity contribution < 1.29 is 17.9 Å². The van der Waals surface area contributed by atoms with Gasteiger partial charge in [-0.15, -0.1) is 0 Å². The van der Waals surface area contributed by atoms with Crippen LogP contribution in [0.1, 0.15) is 32.4 Å². The third-order valence-electron chi connectivity index (χ3n) is 2.23. The van der Waals surface area contributed by atoms with Crippen LogP contribution in [-0.4, -0.2) is 19.6 Å². The first-order valence-electron chi connectivity index (χ1n) is 5.32. The lowest BCUT2D eigenvalue weighted by Gasteiger charge is -2.12. The maximum absolute atomic E-state index is 12.0. The van der Waals surface area contributed by atoms with Crippen molar-refractivity contribution in [3.63, 3.8) is 0 Å². The van der Waals surface area contributed by atoms with E-state index in [0.717, 1.165) is 12.8 Å². The first-order chi connectivity index (χ1) is 7.90. The monoisotopic (exact) mass is 325 g/mol. The van der Waals surface area contributed by atoms with E-state index in [1.165, 1.54) is 6.07 Å². The van der Waals surface area contributed by atoms with E-state index < -0.39 is 10.0 Å². The summed E-state index contributed by atoms with van der Waals surface area (Å²) in [5, 5.41) is 8.88. The molecule has 0 saturated carbocycles. The number of hydrogen-bond donors (Lipinski definition) is 2. The molecule has 2 N–H and O–H groups in total. The number of furan rings is 1. The molecular formula is C10H16BrNO4S. The van der Waals surface area contributed by atoms with Crippen LogP contribution >= 0.6 is 15.9 Å². The number of hydrogen-bond acceptors (Lipinski definition) is 4. The van der Waals surface area contributed by atoms with Gasteiger partial charge in [0.25, 0.3) is 0 Å². The van der Waals surface area contributed by atoms with Crippen LogP contribution in [0.3, 0.4) is 0 Å².